The number of aliphatic imine (C=N–C) groups is 1. The number of hydrazine groups is 1. The van der Waals surface area contributed by atoms with Crippen LogP contribution in [0.4, 0.5) is 0 Å². The molecule has 3 N–H and O–H groups in total. The lowest BCUT2D eigenvalue weighted by Crippen LogP contribution is -2.51. The molecule has 0 spiro atoms. The van der Waals surface area contributed by atoms with Gasteiger partial charge in [0.1, 0.15) is 0 Å². The van der Waals surface area contributed by atoms with Crippen molar-refractivity contribution in [1.82, 2.24) is 10.3 Å². The maximum Gasteiger partial charge on any atom is 0.208 e. The van der Waals surface area contributed by atoms with Gasteiger partial charge in [-0.2, -0.15) is 0 Å². The van der Waals surface area contributed by atoms with E-state index in [1.54, 1.807) is 0 Å². The van der Waals surface area contributed by atoms with Crippen molar-refractivity contribution in [1.29, 1.82) is 0 Å². The molecule has 0 radical (unpaired) electrons. The van der Waals surface area contributed by atoms with Crippen LogP contribution in [0.1, 0.15) is 45.4 Å². The molecule has 0 aromatic heterocycles. The minimum Gasteiger partial charge on any atom is -0.342 e. The molecular formula is C13H26N4. The van der Waals surface area contributed by atoms with E-state index in [4.69, 9.17) is 5.84 Å². The molecule has 0 aromatic carbocycles. The van der Waals surface area contributed by atoms with Crippen molar-refractivity contribution >= 4 is 5.96 Å². The van der Waals surface area contributed by atoms with Crippen LogP contribution in [-0.4, -0.2) is 30.5 Å². The van der Waals surface area contributed by atoms with Crippen molar-refractivity contribution in [2.75, 3.05) is 19.6 Å². The van der Waals surface area contributed by atoms with E-state index in [1.165, 1.54) is 32.1 Å². The lowest BCUT2D eigenvalue weighted by molar-refractivity contribution is 0.127. The van der Waals surface area contributed by atoms with E-state index in [1.807, 2.05) is 0 Å². The van der Waals surface area contributed by atoms with Gasteiger partial charge in [0.15, 0.2) is 0 Å². The molecule has 1 aliphatic carbocycles. The molecule has 98 valence electrons. The Hall–Kier alpha value is -0.770. The van der Waals surface area contributed by atoms with Crippen LogP contribution in [0.3, 0.4) is 0 Å². The molecule has 2 rings (SSSR count). The zero-order valence-electron chi connectivity index (χ0n) is 11.0. The molecular weight excluding hydrogens is 212 g/mol. The number of fused-ring (bicyclic) bond motifs is 1. The Bertz CT molecular complexity index is 264. The van der Waals surface area contributed by atoms with Crippen LogP contribution < -0.4 is 11.3 Å². The van der Waals surface area contributed by atoms with Crippen molar-refractivity contribution in [2.24, 2.45) is 22.7 Å². The highest BCUT2D eigenvalue weighted by Gasteiger charge is 2.31. The first-order valence-electron chi connectivity index (χ1n) is 7.11. The van der Waals surface area contributed by atoms with Gasteiger partial charge in [0.25, 0.3) is 0 Å². The SMILES string of the molecule is CCCN=C(NN)N1CCC2CCCCC2C1. The summed E-state index contributed by atoms with van der Waals surface area (Å²) in [6.07, 6.45) is 8.07. The molecule has 1 aliphatic heterocycles. The summed E-state index contributed by atoms with van der Waals surface area (Å²) >= 11 is 0. The highest BCUT2D eigenvalue weighted by Crippen LogP contribution is 2.35. The second-order valence-electron chi connectivity index (χ2n) is 5.39. The number of hydrogen-bond acceptors (Lipinski definition) is 2. The molecule has 0 amide bonds. The van der Waals surface area contributed by atoms with E-state index in [9.17, 15) is 0 Å². The lowest BCUT2D eigenvalue weighted by atomic mass is 9.75. The van der Waals surface area contributed by atoms with E-state index in [2.05, 4.69) is 22.2 Å². The largest absolute Gasteiger partial charge is 0.342 e. The molecule has 4 nitrogen and oxygen atoms in total. The van der Waals surface area contributed by atoms with Crippen LogP contribution in [0.25, 0.3) is 0 Å². The van der Waals surface area contributed by atoms with Crippen LogP contribution in [0.2, 0.25) is 0 Å². The fraction of sp³-hybridized carbons (Fsp3) is 0.923. The molecule has 1 saturated heterocycles. The summed E-state index contributed by atoms with van der Waals surface area (Å²) in [6, 6.07) is 0. The zero-order valence-corrected chi connectivity index (χ0v) is 11.0. The Morgan fingerprint density at radius 2 is 2.06 bits per heavy atom. The third-order valence-electron chi connectivity index (χ3n) is 4.21. The summed E-state index contributed by atoms with van der Waals surface area (Å²) in [5.74, 6) is 8.32. The smallest absolute Gasteiger partial charge is 0.208 e. The summed E-state index contributed by atoms with van der Waals surface area (Å²) in [5.41, 5.74) is 2.78. The summed E-state index contributed by atoms with van der Waals surface area (Å²) in [4.78, 5) is 6.88. The van der Waals surface area contributed by atoms with E-state index in [-0.39, 0.29) is 0 Å². The van der Waals surface area contributed by atoms with Crippen LogP contribution in [0, 0.1) is 11.8 Å². The predicted octanol–water partition coefficient (Wildman–Crippen LogP) is 1.73. The molecule has 2 atom stereocenters. The third-order valence-corrected chi connectivity index (χ3v) is 4.21. The second kappa shape index (κ2) is 6.24. The van der Waals surface area contributed by atoms with Crippen LogP contribution in [0.15, 0.2) is 4.99 Å². The quantitative estimate of drug-likeness (QED) is 0.333. The van der Waals surface area contributed by atoms with Crippen molar-refractivity contribution in [2.45, 2.75) is 45.4 Å². The van der Waals surface area contributed by atoms with E-state index in [0.29, 0.717) is 0 Å². The van der Waals surface area contributed by atoms with Gasteiger partial charge in [-0.05, 0) is 31.1 Å². The van der Waals surface area contributed by atoms with Gasteiger partial charge >= 0.3 is 0 Å². The fourth-order valence-electron chi connectivity index (χ4n) is 3.25. The molecule has 0 bridgehead atoms. The summed E-state index contributed by atoms with van der Waals surface area (Å²) < 4.78 is 0. The van der Waals surface area contributed by atoms with Gasteiger partial charge in [0.05, 0.1) is 0 Å². The maximum atomic E-state index is 5.59. The van der Waals surface area contributed by atoms with Crippen LogP contribution in [0.5, 0.6) is 0 Å². The summed E-state index contributed by atoms with van der Waals surface area (Å²) in [6.45, 7) is 5.28. The average molecular weight is 238 g/mol. The number of likely N-dealkylation sites (tertiary alicyclic amines) is 1. The number of guanidine groups is 1. The van der Waals surface area contributed by atoms with Gasteiger partial charge in [-0.1, -0.05) is 26.2 Å². The Morgan fingerprint density at radius 3 is 2.76 bits per heavy atom. The minimum atomic E-state index is 0.865. The Labute approximate surface area is 105 Å². The highest BCUT2D eigenvalue weighted by atomic mass is 15.4. The Kier molecular flexibility index (Phi) is 4.66. The predicted molar refractivity (Wildman–Crippen MR) is 71.6 cm³/mol. The Balaban J connectivity index is 1.93. The van der Waals surface area contributed by atoms with E-state index >= 15 is 0 Å². The molecule has 1 heterocycles. The van der Waals surface area contributed by atoms with E-state index < -0.39 is 0 Å². The van der Waals surface area contributed by atoms with Crippen molar-refractivity contribution in [3.8, 4) is 0 Å². The van der Waals surface area contributed by atoms with Crippen molar-refractivity contribution in [3.63, 3.8) is 0 Å². The molecule has 1 saturated carbocycles. The number of nitrogens with two attached hydrogens (primary N) is 1. The Morgan fingerprint density at radius 1 is 1.29 bits per heavy atom. The average Bonchev–Trinajstić information content (AvgIpc) is 2.39. The first-order valence-corrected chi connectivity index (χ1v) is 7.11. The van der Waals surface area contributed by atoms with E-state index in [0.717, 1.165) is 43.9 Å². The molecule has 2 aliphatic rings. The molecule has 2 unspecified atom stereocenters. The summed E-state index contributed by atoms with van der Waals surface area (Å²) in [5, 5.41) is 0. The normalized spacial score (nSPS) is 30.0. The van der Waals surface area contributed by atoms with Gasteiger partial charge in [-0.15, -0.1) is 0 Å². The standard InChI is InChI=1S/C13H26N4/c1-2-8-15-13(16-14)17-9-7-11-5-3-4-6-12(11)10-17/h11-12H,2-10,14H2,1H3,(H,15,16). The van der Waals surface area contributed by atoms with Gasteiger partial charge < -0.3 is 4.90 Å². The van der Waals surface area contributed by atoms with Crippen molar-refractivity contribution in [3.05, 3.63) is 0 Å². The maximum absolute atomic E-state index is 5.59. The monoisotopic (exact) mass is 238 g/mol. The molecule has 2 fully saturated rings. The molecule has 0 aromatic rings. The third kappa shape index (κ3) is 3.12. The fourth-order valence-corrected chi connectivity index (χ4v) is 3.25. The molecule has 4 heteroatoms. The lowest BCUT2D eigenvalue weighted by Gasteiger charge is -2.42. The first-order chi connectivity index (χ1) is 8.35. The zero-order chi connectivity index (χ0) is 12.1. The van der Waals surface area contributed by atoms with Crippen molar-refractivity contribution < 1.29 is 0 Å². The number of hydrogen-bond donors (Lipinski definition) is 2. The van der Waals surface area contributed by atoms with Crippen LogP contribution >= 0.6 is 0 Å². The number of rotatable bonds is 2. The number of piperidine rings is 1. The number of nitrogens with one attached hydrogen (secondary N) is 1. The molecule has 17 heavy (non-hydrogen) atoms. The van der Waals surface area contributed by atoms with Gasteiger partial charge in [0, 0.05) is 19.6 Å². The van der Waals surface area contributed by atoms with Gasteiger partial charge in [0.2, 0.25) is 5.96 Å². The summed E-state index contributed by atoms with van der Waals surface area (Å²) in [7, 11) is 0. The van der Waals surface area contributed by atoms with Crippen LogP contribution in [-0.2, 0) is 0 Å². The van der Waals surface area contributed by atoms with Gasteiger partial charge in [-0.25, -0.2) is 5.84 Å². The second-order valence-corrected chi connectivity index (χ2v) is 5.39. The topological polar surface area (TPSA) is 53.6 Å². The van der Waals surface area contributed by atoms with Gasteiger partial charge in [-0.3, -0.25) is 10.4 Å². The minimum absolute atomic E-state index is 0.865. The first kappa shape index (κ1) is 12.7. The highest BCUT2D eigenvalue weighted by molar-refractivity contribution is 5.79. The number of nitrogens with zero attached hydrogens (tertiary/aromatic N) is 2.